The van der Waals surface area contributed by atoms with Gasteiger partial charge in [0.1, 0.15) is 18.1 Å². The largest absolute Gasteiger partial charge is 0.493 e. The van der Waals surface area contributed by atoms with Gasteiger partial charge in [-0.15, -0.1) is 11.6 Å². The Balaban J connectivity index is 0.00000117. The summed E-state index contributed by atoms with van der Waals surface area (Å²) in [5, 5.41) is 0. The lowest BCUT2D eigenvalue weighted by Gasteiger charge is -2.10. The van der Waals surface area contributed by atoms with Crippen LogP contribution in [0.3, 0.4) is 0 Å². The summed E-state index contributed by atoms with van der Waals surface area (Å²) in [6, 6.07) is 15.4. The van der Waals surface area contributed by atoms with Crippen LogP contribution in [0.4, 0.5) is 0 Å². The molecule has 0 aliphatic heterocycles. The molecular formula is C21H24ClNO3. The Labute approximate surface area is 159 Å². The standard InChI is InChI=1S/C19H18ClNO3.C2H6/c1-13-16(21-19(24-13)15-6-4-3-5-7-15)12-23-17-9-8-14(11-20)10-18(17)22-2;1-2/h3-10H,11-12H2,1-2H3;1-2H3. The fourth-order valence-corrected chi connectivity index (χ4v) is 2.49. The van der Waals surface area contributed by atoms with E-state index in [1.807, 2.05) is 69.3 Å². The number of oxazole rings is 1. The van der Waals surface area contributed by atoms with E-state index in [4.69, 9.17) is 25.5 Å². The Morgan fingerprint density at radius 1 is 1.04 bits per heavy atom. The summed E-state index contributed by atoms with van der Waals surface area (Å²) >= 11 is 5.84. The molecule has 1 heterocycles. The maximum atomic E-state index is 5.85. The molecule has 0 aliphatic carbocycles. The van der Waals surface area contributed by atoms with Crippen molar-refractivity contribution in [1.29, 1.82) is 0 Å². The molecule has 3 aromatic rings. The van der Waals surface area contributed by atoms with E-state index >= 15 is 0 Å². The second-order valence-corrected chi connectivity index (χ2v) is 5.56. The molecule has 4 nitrogen and oxygen atoms in total. The fraction of sp³-hybridized carbons (Fsp3) is 0.286. The molecule has 0 fully saturated rings. The van der Waals surface area contributed by atoms with Gasteiger partial charge in [-0.1, -0.05) is 38.1 Å². The van der Waals surface area contributed by atoms with Crippen molar-refractivity contribution < 1.29 is 13.9 Å². The molecule has 3 rings (SSSR count). The third-order valence-electron chi connectivity index (χ3n) is 3.66. The summed E-state index contributed by atoms with van der Waals surface area (Å²) in [4.78, 5) is 4.53. The van der Waals surface area contributed by atoms with Crippen molar-refractivity contribution in [3.05, 3.63) is 65.5 Å². The molecule has 2 aromatic carbocycles. The van der Waals surface area contributed by atoms with Crippen LogP contribution in [0, 0.1) is 6.92 Å². The molecular weight excluding hydrogens is 350 g/mol. The number of nitrogens with zero attached hydrogens (tertiary/aromatic N) is 1. The van der Waals surface area contributed by atoms with E-state index in [1.165, 1.54) is 0 Å². The Morgan fingerprint density at radius 3 is 2.42 bits per heavy atom. The second-order valence-electron chi connectivity index (χ2n) is 5.30. The van der Waals surface area contributed by atoms with Crippen molar-refractivity contribution in [1.82, 2.24) is 4.98 Å². The van der Waals surface area contributed by atoms with E-state index < -0.39 is 0 Å². The van der Waals surface area contributed by atoms with Crippen LogP contribution in [0.25, 0.3) is 11.5 Å². The fourth-order valence-electron chi connectivity index (χ4n) is 2.33. The van der Waals surface area contributed by atoms with Crippen molar-refractivity contribution in [3.8, 4) is 23.0 Å². The normalized spacial score (nSPS) is 10.0. The SMILES string of the molecule is CC.COc1cc(CCl)ccc1OCc1nc(-c2ccccc2)oc1C. The van der Waals surface area contributed by atoms with Gasteiger partial charge in [0.15, 0.2) is 11.5 Å². The Morgan fingerprint density at radius 2 is 1.77 bits per heavy atom. The molecule has 0 radical (unpaired) electrons. The van der Waals surface area contributed by atoms with Gasteiger partial charge < -0.3 is 13.9 Å². The first-order valence-electron chi connectivity index (χ1n) is 8.58. The minimum Gasteiger partial charge on any atom is -0.493 e. The van der Waals surface area contributed by atoms with Crippen molar-refractivity contribution in [2.24, 2.45) is 0 Å². The highest BCUT2D eigenvalue weighted by Crippen LogP contribution is 2.30. The van der Waals surface area contributed by atoms with Crippen molar-refractivity contribution in [3.63, 3.8) is 0 Å². The highest BCUT2D eigenvalue weighted by atomic mass is 35.5. The summed E-state index contributed by atoms with van der Waals surface area (Å²) in [6.07, 6.45) is 0. The Hall–Kier alpha value is -2.46. The summed E-state index contributed by atoms with van der Waals surface area (Å²) in [5.74, 6) is 3.06. The number of aryl methyl sites for hydroxylation is 1. The van der Waals surface area contributed by atoms with Gasteiger partial charge in [0.05, 0.1) is 7.11 Å². The topological polar surface area (TPSA) is 44.5 Å². The first-order valence-corrected chi connectivity index (χ1v) is 9.12. The third-order valence-corrected chi connectivity index (χ3v) is 3.97. The van der Waals surface area contributed by atoms with Crippen LogP contribution in [0.5, 0.6) is 11.5 Å². The molecule has 0 saturated carbocycles. The van der Waals surface area contributed by atoms with Gasteiger partial charge in [-0.05, 0) is 36.8 Å². The predicted octanol–water partition coefficient (Wildman–Crippen LogP) is 6.00. The van der Waals surface area contributed by atoms with Gasteiger partial charge in [0, 0.05) is 11.4 Å². The molecule has 0 aliphatic rings. The monoisotopic (exact) mass is 373 g/mol. The minimum absolute atomic E-state index is 0.304. The molecule has 5 heteroatoms. The van der Waals surface area contributed by atoms with E-state index in [9.17, 15) is 0 Å². The van der Waals surface area contributed by atoms with Crippen LogP contribution in [0.2, 0.25) is 0 Å². The second kappa shape index (κ2) is 9.88. The summed E-state index contributed by atoms with van der Waals surface area (Å²) < 4.78 is 16.9. The van der Waals surface area contributed by atoms with Crippen LogP contribution in [0.1, 0.15) is 30.9 Å². The Bertz CT molecular complexity index is 815. The molecule has 26 heavy (non-hydrogen) atoms. The van der Waals surface area contributed by atoms with Crippen LogP contribution in [-0.2, 0) is 12.5 Å². The third kappa shape index (κ3) is 4.79. The average Bonchev–Trinajstić information content (AvgIpc) is 3.09. The van der Waals surface area contributed by atoms with Crippen LogP contribution in [0.15, 0.2) is 52.9 Å². The first-order chi connectivity index (χ1) is 12.7. The smallest absolute Gasteiger partial charge is 0.226 e. The Kier molecular flexibility index (Phi) is 7.54. The molecule has 0 bridgehead atoms. The number of alkyl halides is 1. The maximum absolute atomic E-state index is 5.85. The lowest BCUT2D eigenvalue weighted by atomic mass is 10.2. The molecule has 0 saturated heterocycles. The summed E-state index contributed by atoms with van der Waals surface area (Å²) in [7, 11) is 1.61. The van der Waals surface area contributed by atoms with Crippen LogP contribution < -0.4 is 9.47 Å². The van der Waals surface area contributed by atoms with Crippen molar-refractivity contribution in [2.45, 2.75) is 33.3 Å². The van der Waals surface area contributed by atoms with Gasteiger partial charge >= 0.3 is 0 Å². The average molecular weight is 374 g/mol. The molecule has 0 atom stereocenters. The molecule has 0 spiro atoms. The number of rotatable bonds is 6. The van der Waals surface area contributed by atoms with Gasteiger partial charge in [0.25, 0.3) is 0 Å². The van der Waals surface area contributed by atoms with Gasteiger partial charge in [-0.25, -0.2) is 4.98 Å². The van der Waals surface area contributed by atoms with Crippen LogP contribution in [-0.4, -0.2) is 12.1 Å². The number of benzene rings is 2. The van der Waals surface area contributed by atoms with Crippen molar-refractivity contribution >= 4 is 11.6 Å². The molecule has 138 valence electrons. The zero-order chi connectivity index (χ0) is 18.9. The molecule has 0 N–H and O–H groups in total. The molecule has 1 aromatic heterocycles. The maximum Gasteiger partial charge on any atom is 0.226 e. The summed E-state index contributed by atoms with van der Waals surface area (Å²) in [5.41, 5.74) is 2.68. The van der Waals surface area contributed by atoms with Gasteiger partial charge in [0.2, 0.25) is 5.89 Å². The highest BCUT2D eigenvalue weighted by Gasteiger charge is 2.13. The van der Waals surface area contributed by atoms with E-state index in [-0.39, 0.29) is 0 Å². The minimum atomic E-state index is 0.304. The lowest BCUT2D eigenvalue weighted by molar-refractivity contribution is 0.279. The van der Waals surface area contributed by atoms with Gasteiger partial charge in [-0.3, -0.25) is 0 Å². The predicted molar refractivity (Wildman–Crippen MR) is 105 cm³/mol. The zero-order valence-corrected chi connectivity index (χ0v) is 16.3. The number of halogens is 1. The van der Waals surface area contributed by atoms with E-state index in [2.05, 4.69) is 4.98 Å². The first kappa shape index (κ1) is 19.9. The molecule has 0 unspecified atom stereocenters. The van der Waals surface area contributed by atoms with E-state index in [0.717, 1.165) is 22.6 Å². The zero-order valence-electron chi connectivity index (χ0n) is 15.6. The molecule has 0 amide bonds. The van der Waals surface area contributed by atoms with Crippen LogP contribution >= 0.6 is 11.6 Å². The quantitative estimate of drug-likeness (QED) is 0.497. The lowest BCUT2D eigenvalue weighted by Crippen LogP contribution is -2.00. The van der Waals surface area contributed by atoms with E-state index in [1.54, 1.807) is 7.11 Å². The number of aromatic nitrogens is 1. The number of ether oxygens (including phenoxy) is 2. The van der Waals surface area contributed by atoms with Gasteiger partial charge in [-0.2, -0.15) is 0 Å². The summed E-state index contributed by atoms with van der Waals surface area (Å²) in [6.45, 7) is 6.19. The number of hydrogen-bond acceptors (Lipinski definition) is 4. The van der Waals surface area contributed by atoms with E-state index in [0.29, 0.717) is 29.9 Å². The number of methoxy groups -OCH3 is 1. The van der Waals surface area contributed by atoms with Crippen molar-refractivity contribution in [2.75, 3.05) is 7.11 Å². The highest BCUT2D eigenvalue weighted by molar-refractivity contribution is 6.17. The number of hydrogen-bond donors (Lipinski definition) is 0.